The molecule has 0 bridgehead atoms. The van der Waals surface area contributed by atoms with Crippen LogP contribution in [0.3, 0.4) is 0 Å². The maximum atomic E-state index is 12.0. The Morgan fingerprint density at radius 1 is 1.25 bits per heavy atom. The highest BCUT2D eigenvalue weighted by Crippen LogP contribution is 2.16. The molecule has 6 nitrogen and oxygen atoms in total. The number of nitrogens with one attached hydrogen (secondary N) is 2. The lowest BCUT2D eigenvalue weighted by Crippen LogP contribution is -2.52. The van der Waals surface area contributed by atoms with Crippen LogP contribution in [0.4, 0.5) is 0 Å². The lowest BCUT2D eigenvalue weighted by Gasteiger charge is -2.33. The Bertz CT molecular complexity index is 343. The molecular formula is C14H25N3O3. The molecule has 0 aromatic rings. The van der Waals surface area contributed by atoms with Crippen molar-refractivity contribution in [3.63, 3.8) is 0 Å². The number of hydrogen-bond acceptors (Lipinski definition) is 4. The molecule has 0 spiro atoms. The third-order valence-corrected chi connectivity index (χ3v) is 4.06. The minimum absolute atomic E-state index is 0.0108. The van der Waals surface area contributed by atoms with E-state index >= 15 is 0 Å². The number of carbonyl (C=O) groups excluding carboxylic acids is 2. The molecule has 0 aromatic carbocycles. The monoisotopic (exact) mass is 283 g/mol. The molecule has 2 aliphatic rings. The Hall–Kier alpha value is -1.14. The first kappa shape index (κ1) is 15.3. The Balaban J connectivity index is 1.77. The van der Waals surface area contributed by atoms with E-state index in [0.29, 0.717) is 13.1 Å². The zero-order chi connectivity index (χ0) is 14.4. The first-order valence-electron chi connectivity index (χ1n) is 7.54. The van der Waals surface area contributed by atoms with Gasteiger partial charge < -0.3 is 15.4 Å². The third-order valence-electron chi connectivity index (χ3n) is 4.06. The van der Waals surface area contributed by atoms with E-state index in [2.05, 4.69) is 10.6 Å². The van der Waals surface area contributed by atoms with Gasteiger partial charge in [-0.15, -0.1) is 0 Å². The Morgan fingerprint density at radius 2 is 2.10 bits per heavy atom. The van der Waals surface area contributed by atoms with E-state index in [9.17, 15) is 9.59 Å². The fourth-order valence-electron chi connectivity index (χ4n) is 2.92. The van der Waals surface area contributed by atoms with Crippen molar-refractivity contribution in [1.29, 1.82) is 0 Å². The first-order valence-corrected chi connectivity index (χ1v) is 7.54. The molecule has 2 rings (SSSR count). The SMILES string of the molecule is CNC(=O)[C@@H]1CCCCN1CC(=O)NC[C@@H]1CCCO1. The number of carbonyl (C=O) groups is 2. The van der Waals surface area contributed by atoms with Crippen molar-refractivity contribution >= 4 is 11.8 Å². The van der Waals surface area contributed by atoms with Gasteiger partial charge in [0.1, 0.15) is 0 Å². The minimum atomic E-state index is -0.165. The van der Waals surface area contributed by atoms with Crippen LogP contribution in [0.1, 0.15) is 32.1 Å². The predicted octanol–water partition coefficient (Wildman–Crippen LogP) is -0.118. The van der Waals surface area contributed by atoms with Gasteiger partial charge in [-0.25, -0.2) is 0 Å². The van der Waals surface area contributed by atoms with Gasteiger partial charge in [-0.3, -0.25) is 14.5 Å². The summed E-state index contributed by atoms with van der Waals surface area (Å²) in [5.41, 5.74) is 0. The van der Waals surface area contributed by atoms with Crippen LogP contribution in [0, 0.1) is 0 Å². The summed E-state index contributed by atoms with van der Waals surface area (Å²) >= 11 is 0. The molecule has 20 heavy (non-hydrogen) atoms. The molecular weight excluding hydrogens is 258 g/mol. The van der Waals surface area contributed by atoms with E-state index in [1.807, 2.05) is 4.90 Å². The first-order chi connectivity index (χ1) is 9.70. The quantitative estimate of drug-likeness (QED) is 0.738. The van der Waals surface area contributed by atoms with Gasteiger partial charge in [-0.1, -0.05) is 6.42 Å². The van der Waals surface area contributed by atoms with E-state index < -0.39 is 0 Å². The Kier molecular flexibility index (Phi) is 5.79. The highest BCUT2D eigenvalue weighted by atomic mass is 16.5. The van der Waals surface area contributed by atoms with Gasteiger partial charge >= 0.3 is 0 Å². The molecule has 0 radical (unpaired) electrons. The molecule has 0 unspecified atom stereocenters. The van der Waals surface area contributed by atoms with Crippen LogP contribution in [0.5, 0.6) is 0 Å². The smallest absolute Gasteiger partial charge is 0.237 e. The summed E-state index contributed by atoms with van der Waals surface area (Å²) in [5.74, 6) is -0.00655. The second-order valence-corrected chi connectivity index (χ2v) is 5.54. The van der Waals surface area contributed by atoms with Crippen molar-refractivity contribution in [1.82, 2.24) is 15.5 Å². The van der Waals surface area contributed by atoms with E-state index in [-0.39, 0.29) is 24.0 Å². The predicted molar refractivity (Wildman–Crippen MR) is 75.3 cm³/mol. The topological polar surface area (TPSA) is 70.7 Å². The van der Waals surface area contributed by atoms with Crippen LogP contribution < -0.4 is 10.6 Å². The van der Waals surface area contributed by atoms with Gasteiger partial charge in [0, 0.05) is 20.2 Å². The molecule has 2 heterocycles. The van der Waals surface area contributed by atoms with Crippen molar-refractivity contribution in [3.05, 3.63) is 0 Å². The third kappa shape index (κ3) is 4.18. The fourth-order valence-corrected chi connectivity index (χ4v) is 2.92. The van der Waals surface area contributed by atoms with E-state index in [0.717, 1.165) is 45.3 Å². The maximum absolute atomic E-state index is 12.0. The number of likely N-dealkylation sites (N-methyl/N-ethyl adjacent to an activating group) is 1. The summed E-state index contributed by atoms with van der Waals surface area (Å²) in [5, 5.41) is 5.59. The van der Waals surface area contributed by atoms with E-state index in [4.69, 9.17) is 4.74 Å². The van der Waals surface area contributed by atoms with Crippen LogP contribution in [0.2, 0.25) is 0 Å². The van der Waals surface area contributed by atoms with Crippen LogP contribution in [0.25, 0.3) is 0 Å². The maximum Gasteiger partial charge on any atom is 0.237 e. The average molecular weight is 283 g/mol. The lowest BCUT2D eigenvalue weighted by molar-refractivity contribution is -0.130. The molecule has 6 heteroatoms. The molecule has 2 fully saturated rings. The molecule has 2 saturated heterocycles. The van der Waals surface area contributed by atoms with Crippen molar-refractivity contribution in [3.8, 4) is 0 Å². The zero-order valence-electron chi connectivity index (χ0n) is 12.2. The van der Waals surface area contributed by atoms with E-state index in [1.165, 1.54) is 0 Å². The lowest BCUT2D eigenvalue weighted by atomic mass is 10.0. The second kappa shape index (κ2) is 7.59. The number of ether oxygens (including phenoxy) is 1. The second-order valence-electron chi connectivity index (χ2n) is 5.54. The fraction of sp³-hybridized carbons (Fsp3) is 0.857. The molecule has 0 aliphatic carbocycles. The number of piperidine rings is 1. The van der Waals surface area contributed by atoms with Gasteiger partial charge in [0.15, 0.2) is 0 Å². The normalized spacial score (nSPS) is 27.2. The number of likely N-dealkylation sites (tertiary alicyclic amines) is 1. The number of amides is 2. The number of nitrogens with zero attached hydrogens (tertiary/aromatic N) is 1. The van der Waals surface area contributed by atoms with E-state index in [1.54, 1.807) is 7.05 Å². The van der Waals surface area contributed by atoms with Crippen LogP contribution in [-0.4, -0.2) is 62.1 Å². The van der Waals surface area contributed by atoms with Crippen LogP contribution >= 0.6 is 0 Å². The Labute approximate surface area is 120 Å². The molecule has 0 saturated carbocycles. The summed E-state index contributed by atoms with van der Waals surface area (Å²) in [6.07, 6.45) is 5.18. The van der Waals surface area contributed by atoms with Gasteiger partial charge in [-0.2, -0.15) is 0 Å². The molecule has 0 aromatic heterocycles. The summed E-state index contributed by atoms with van der Waals surface area (Å²) < 4.78 is 5.48. The summed E-state index contributed by atoms with van der Waals surface area (Å²) in [6, 6.07) is -0.165. The molecule has 2 atom stereocenters. The molecule has 2 aliphatic heterocycles. The molecule has 2 N–H and O–H groups in total. The van der Waals surface area contributed by atoms with Gasteiger partial charge in [0.05, 0.1) is 18.7 Å². The van der Waals surface area contributed by atoms with Crippen molar-refractivity contribution in [2.24, 2.45) is 0 Å². The van der Waals surface area contributed by atoms with Crippen molar-refractivity contribution in [2.75, 3.05) is 33.3 Å². The highest BCUT2D eigenvalue weighted by molar-refractivity contribution is 5.83. The number of hydrogen-bond donors (Lipinski definition) is 2. The van der Waals surface area contributed by atoms with Crippen molar-refractivity contribution < 1.29 is 14.3 Å². The van der Waals surface area contributed by atoms with Crippen molar-refractivity contribution in [2.45, 2.75) is 44.2 Å². The molecule has 2 amide bonds. The van der Waals surface area contributed by atoms with Gasteiger partial charge in [0.25, 0.3) is 0 Å². The minimum Gasteiger partial charge on any atom is -0.376 e. The molecule has 114 valence electrons. The van der Waals surface area contributed by atoms with Crippen LogP contribution in [0.15, 0.2) is 0 Å². The average Bonchev–Trinajstić information content (AvgIpc) is 2.98. The Morgan fingerprint density at radius 3 is 2.80 bits per heavy atom. The summed E-state index contributed by atoms with van der Waals surface area (Å²) in [4.78, 5) is 25.8. The number of rotatable bonds is 5. The van der Waals surface area contributed by atoms with Gasteiger partial charge in [-0.05, 0) is 32.2 Å². The highest BCUT2D eigenvalue weighted by Gasteiger charge is 2.29. The standard InChI is InChI=1S/C14H25N3O3/c1-15-14(19)12-6-2-3-7-17(12)10-13(18)16-9-11-5-4-8-20-11/h11-12H,2-10H2,1H3,(H,15,19)(H,16,18)/t11-,12-/m0/s1. The largest absolute Gasteiger partial charge is 0.376 e. The van der Waals surface area contributed by atoms with Crippen LogP contribution in [-0.2, 0) is 14.3 Å². The summed E-state index contributed by atoms with van der Waals surface area (Å²) in [7, 11) is 1.65. The zero-order valence-corrected chi connectivity index (χ0v) is 12.2. The summed E-state index contributed by atoms with van der Waals surface area (Å²) in [6.45, 7) is 2.49. The van der Waals surface area contributed by atoms with Gasteiger partial charge in [0.2, 0.25) is 11.8 Å².